The Morgan fingerprint density at radius 3 is 2.27 bits per heavy atom. The minimum atomic E-state index is 0.0807. The van der Waals surface area contributed by atoms with E-state index in [0.717, 1.165) is 38.0 Å². The molecule has 1 aliphatic heterocycles. The van der Waals surface area contributed by atoms with Crippen molar-refractivity contribution in [3.63, 3.8) is 0 Å². The number of para-hydroxylation sites is 1. The van der Waals surface area contributed by atoms with Gasteiger partial charge in [0.25, 0.3) is 0 Å². The van der Waals surface area contributed by atoms with Gasteiger partial charge in [0, 0.05) is 18.8 Å². The average Bonchev–Trinajstić information content (AvgIpc) is 2.69. The van der Waals surface area contributed by atoms with E-state index < -0.39 is 0 Å². The molecule has 0 unspecified atom stereocenters. The number of nitrogens with one attached hydrogen (secondary N) is 1. The molecule has 1 amide bonds. The molecule has 0 fully saturated rings. The zero-order valence-corrected chi connectivity index (χ0v) is 15.8. The molecule has 136 valence electrons. The van der Waals surface area contributed by atoms with E-state index in [1.807, 2.05) is 6.07 Å². The summed E-state index contributed by atoms with van der Waals surface area (Å²) in [6.45, 7) is 6.45. The third-order valence-electron chi connectivity index (χ3n) is 5.07. The van der Waals surface area contributed by atoms with Gasteiger partial charge in [-0.2, -0.15) is 0 Å². The van der Waals surface area contributed by atoms with Crippen molar-refractivity contribution >= 4 is 17.2 Å². The molecular weight excluding hydrogens is 320 g/mol. The second-order valence-electron chi connectivity index (χ2n) is 6.79. The third kappa shape index (κ3) is 4.41. The monoisotopic (exact) mass is 348 g/mol. The van der Waals surface area contributed by atoms with Crippen LogP contribution in [0.25, 0.3) is 5.57 Å². The maximum absolute atomic E-state index is 12.6. The first-order chi connectivity index (χ1) is 12.7. The summed E-state index contributed by atoms with van der Waals surface area (Å²) in [5, 5.41) is 3.17. The number of carbonyl (C=O) groups is 1. The number of amides is 1. The number of hydrogen-bond acceptors (Lipinski definition) is 2. The molecule has 3 rings (SSSR count). The highest BCUT2D eigenvalue weighted by molar-refractivity contribution is 5.94. The Morgan fingerprint density at radius 2 is 1.69 bits per heavy atom. The summed E-state index contributed by atoms with van der Waals surface area (Å²) in [6.07, 6.45) is 5.10. The van der Waals surface area contributed by atoms with Gasteiger partial charge in [-0.15, -0.1) is 0 Å². The molecule has 1 N–H and O–H groups in total. The van der Waals surface area contributed by atoms with Crippen LogP contribution in [0.4, 0.5) is 5.69 Å². The van der Waals surface area contributed by atoms with E-state index in [0.29, 0.717) is 6.54 Å². The lowest BCUT2D eigenvalue weighted by molar-refractivity contribution is -0.117. The predicted molar refractivity (Wildman–Crippen MR) is 109 cm³/mol. The Balaban J connectivity index is 1.61. The summed E-state index contributed by atoms with van der Waals surface area (Å²) in [4.78, 5) is 14.8. The molecule has 2 aromatic carbocycles. The van der Waals surface area contributed by atoms with Crippen molar-refractivity contribution in [1.29, 1.82) is 0 Å². The van der Waals surface area contributed by atoms with Gasteiger partial charge in [0.15, 0.2) is 0 Å². The molecule has 0 spiro atoms. The van der Waals surface area contributed by atoms with Crippen LogP contribution in [0.15, 0.2) is 54.6 Å². The molecule has 26 heavy (non-hydrogen) atoms. The second kappa shape index (κ2) is 8.81. The maximum Gasteiger partial charge on any atom is 0.238 e. The van der Waals surface area contributed by atoms with Gasteiger partial charge in [-0.05, 0) is 41.5 Å². The number of rotatable bonds is 6. The highest BCUT2D eigenvalue weighted by Crippen LogP contribution is 2.24. The van der Waals surface area contributed by atoms with Crippen molar-refractivity contribution in [3.05, 3.63) is 71.3 Å². The Kier molecular flexibility index (Phi) is 6.24. The van der Waals surface area contributed by atoms with E-state index in [1.165, 1.54) is 22.3 Å². The third-order valence-corrected chi connectivity index (χ3v) is 5.07. The second-order valence-corrected chi connectivity index (χ2v) is 6.79. The summed E-state index contributed by atoms with van der Waals surface area (Å²) in [7, 11) is 0. The summed E-state index contributed by atoms with van der Waals surface area (Å²) in [5.74, 6) is 0.0807. The lowest BCUT2D eigenvalue weighted by atomic mass is 9.99. The Morgan fingerprint density at radius 1 is 1.00 bits per heavy atom. The summed E-state index contributed by atoms with van der Waals surface area (Å²) < 4.78 is 0. The molecule has 0 bridgehead atoms. The number of carbonyl (C=O) groups excluding carboxylic acids is 1. The number of nitrogens with zero attached hydrogens (tertiary/aromatic N) is 1. The molecular formula is C23H28N2O. The Bertz CT molecular complexity index is 758. The van der Waals surface area contributed by atoms with Crippen LogP contribution in [0.2, 0.25) is 0 Å². The molecule has 0 aromatic heterocycles. The molecule has 3 nitrogen and oxygen atoms in total. The smallest absolute Gasteiger partial charge is 0.238 e. The van der Waals surface area contributed by atoms with Crippen LogP contribution in [0.5, 0.6) is 0 Å². The van der Waals surface area contributed by atoms with Gasteiger partial charge in [-0.25, -0.2) is 0 Å². The molecule has 0 saturated carbocycles. The summed E-state index contributed by atoms with van der Waals surface area (Å²) >= 11 is 0. The Hall–Kier alpha value is -2.39. The minimum Gasteiger partial charge on any atom is -0.324 e. The highest BCUT2D eigenvalue weighted by Gasteiger charge is 2.17. The SMILES string of the molecule is CCc1cccc(CC)c1NC(=O)CN1CC=C(c2ccccc2)CC1. The molecule has 3 heteroatoms. The molecule has 1 aliphatic rings. The van der Waals surface area contributed by atoms with Gasteiger partial charge in [-0.1, -0.05) is 68.5 Å². The van der Waals surface area contributed by atoms with Gasteiger partial charge in [0.1, 0.15) is 0 Å². The van der Waals surface area contributed by atoms with Gasteiger partial charge >= 0.3 is 0 Å². The maximum atomic E-state index is 12.6. The number of benzene rings is 2. The molecule has 0 aliphatic carbocycles. The lowest BCUT2D eigenvalue weighted by Crippen LogP contribution is -2.36. The van der Waals surface area contributed by atoms with E-state index in [1.54, 1.807) is 0 Å². The van der Waals surface area contributed by atoms with Crippen LogP contribution >= 0.6 is 0 Å². The minimum absolute atomic E-state index is 0.0807. The normalized spacial score (nSPS) is 14.8. The van der Waals surface area contributed by atoms with E-state index >= 15 is 0 Å². The zero-order valence-electron chi connectivity index (χ0n) is 15.8. The predicted octanol–water partition coefficient (Wildman–Crippen LogP) is 4.54. The largest absolute Gasteiger partial charge is 0.324 e. The molecule has 0 saturated heterocycles. The standard InChI is InChI=1S/C23H28N2O/c1-3-18-11-8-12-19(4-2)23(18)24-22(26)17-25-15-13-21(14-16-25)20-9-6-5-7-10-20/h5-13H,3-4,14-17H2,1-2H3,(H,24,26). The van der Waals surface area contributed by atoms with E-state index in [2.05, 4.69) is 72.6 Å². The number of hydrogen-bond donors (Lipinski definition) is 1. The number of anilines is 1. The van der Waals surface area contributed by atoms with Crippen LogP contribution in [-0.4, -0.2) is 30.4 Å². The average molecular weight is 348 g/mol. The van der Waals surface area contributed by atoms with Crippen LogP contribution < -0.4 is 5.32 Å². The Labute approximate surface area is 156 Å². The fourth-order valence-corrected chi connectivity index (χ4v) is 3.55. The van der Waals surface area contributed by atoms with Gasteiger partial charge < -0.3 is 5.32 Å². The van der Waals surface area contributed by atoms with Crippen molar-refractivity contribution in [1.82, 2.24) is 4.90 Å². The lowest BCUT2D eigenvalue weighted by Gasteiger charge is -2.26. The van der Waals surface area contributed by atoms with Gasteiger partial charge in [0.2, 0.25) is 5.91 Å². The quantitative estimate of drug-likeness (QED) is 0.831. The van der Waals surface area contributed by atoms with Crippen LogP contribution in [0.1, 0.15) is 37.0 Å². The fourth-order valence-electron chi connectivity index (χ4n) is 3.55. The molecule has 0 radical (unpaired) electrons. The summed E-state index contributed by atoms with van der Waals surface area (Å²) in [6, 6.07) is 16.8. The van der Waals surface area contributed by atoms with Crippen LogP contribution in [-0.2, 0) is 17.6 Å². The van der Waals surface area contributed by atoms with Gasteiger partial charge in [-0.3, -0.25) is 9.69 Å². The van der Waals surface area contributed by atoms with E-state index in [-0.39, 0.29) is 5.91 Å². The van der Waals surface area contributed by atoms with Gasteiger partial charge in [0.05, 0.1) is 6.54 Å². The first-order valence-corrected chi connectivity index (χ1v) is 9.58. The van der Waals surface area contributed by atoms with Crippen molar-refractivity contribution in [3.8, 4) is 0 Å². The van der Waals surface area contributed by atoms with Crippen molar-refractivity contribution in [2.24, 2.45) is 0 Å². The number of aryl methyl sites for hydroxylation is 2. The van der Waals surface area contributed by atoms with Crippen molar-refractivity contribution < 1.29 is 4.79 Å². The van der Waals surface area contributed by atoms with E-state index in [4.69, 9.17) is 0 Å². The first-order valence-electron chi connectivity index (χ1n) is 9.58. The zero-order chi connectivity index (χ0) is 18.4. The van der Waals surface area contributed by atoms with E-state index in [9.17, 15) is 4.79 Å². The van der Waals surface area contributed by atoms with Crippen LogP contribution in [0, 0.1) is 0 Å². The highest BCUT2D eigenvalue weighted by atomic mass is 16.2. The molecule has 1 heterocycles. The topological polar surface area (TPSA) is 32.3 Å². The van der Waals surface area contributed by atoms with Crippen molar-refractivity contribution in [2.75, 3.05) is 25.0 Å². The summed E-state index contributed by atoms with van der Waals surface area (Å²) in [5.41, 5.74) is 6.11. The van der Waals surface area contributed by atoms with Crippen LogP contribution in [0.3, 0.4) is 0 Å². The van der Waals surface area contributed by atoms with Crippen molar-refractivity contribution in [2.45, 2.75) is 33.1 Å². The molecule has 2 aromatic rings. The fraction of sp³-hybridized carbons (Fsp3) is 0.348. The molecule has 0 atom stereocenters. The first kappa shape index (κ1) is 18.4.